The lowest BCUT2D eigenvalue weighted by Gasteiger charge is -2.12. The molecule has 0 unspecified atom stereocenters. The Hall–Kier alpha value is -1.13. The van der Waals surface area contributed by atoms with Gasteiger partial charge >= 0.3 is 0 Å². The lowest BCUT2D eigenvalue weighted by molar-refractivity contribution is 0.145. The van der Waals surface area contributed by atoms with Crippen LogP contribution in [0.25, 0.3) is 0 Å². The van der Waals surface area contributed by atoms with Crippen LogP contribution < -0.4 is 10.1 Å². The van der Waals surface area contributed by atoms with Crippen LogP contribution >= 0.6 is 0 Å². The summed E-state index contributed by atoms with van der Waals surface area (Å²) >= 11 is 0. The van der Waals surface area contributed by atoms with Crippen molar-refractivity contribution in [2.75, 3.05) is 20.3 Å². The van der Waals surface area contributed by atoms with Gasteiger partial charge in [-0.1, -0.05) is 13.8 Å². The second kappa shape index (κ2) is 7.19. The number of nitrogens with zero attached hydrogens (tertiary/aromatic N) is 1. The van der Waals surface area contributed by atoms with Gasteiger partial charge in [-0.15, -0.1) is 0 Å². The van der Waals surface area contributed by atoms with Crippen molar-refractivity contribution in [2.45, 2.75) is 26.4 Å². The molecule has 1 heterocycles. The summed E-state index contributed by atoms with van der Waals surface area (Å²) in [4.78, 5) is 4.10. The first-order valence-corrected chi connectivity index (χ1v) is 5.52. The van der Waals surface area contributed by atoms with Crippen LogP contribution in [0, 0.1) is 0 Å². The van der Waals surface area contributed by atoms with E-state index in [1.54, 1.807) is 13.3 Å². The summed E-state index contributed by atoms with van der Waals surface area (Å²) < 4.78 is 10.6. The number of rotatable bonds is 7. The normalized spacial score (nSPS) is 10.8. The summed E-state index contributed by atoms with van der Waals surface area (Å²) in [5.41, 5.74) is 1.08. The van der Waals surface area contributed by atoms with Crippen LogP contribution in [0.5, 0.6) is 5.75 Å². The zero-order valence-corrected chi connectivity index (χ0v) is 10.2. The summed E-state index contributed by atoms with van der Waals surface area (Å²) in [6.45, 7) is 6.16. The SMILES string of the molecule is COCCOc1ccncc1CNC(C)C. The molecule has 1 aromatic heterocycles. The maximum Gasteiger partial charge on any atom is 0.126 e. The Labute approximate surface area is 97.0 Å². The highest BCUT2D eigenvalue weighted by atomic mass is 16.5. The standard InChI is InChI=1S/C12H20N2O2/c1-10(2)14-9-11-8-13-5-4-12(11)16-7-6-15-3/h4-5,8,10,14H,6-7,9H2,1-3H3. The fourth-order valence-corrected chi connectivity index (χ4v) is 1.24. The molecule has 0 radical (unpaired) electrons. The Kier molecular flexibility index (Phi) is 5.82. The second-order valence-corrected chi connectivity index (χ2v) is 3.86. The molecule has 0 aliphatic rings. The Balaban J connectivity index is 2.53. The Morgan fingerprint density at radius 3 is 2.88 bits per heavy atom. The molecule has 0 aliphatic heterocycles. The fourth-order valence-electron chi connectivity index (χ4n) is 1.24. The third-order valence-electron chi connectivity index (χ3n) is 2.10. The molecular weight excluding hydrogens is 204 g/mol. The third-order valence-corrected chi connectivity index (χ3v) is 2.10. The van der Waals surface area contributed by atoms with E-state index in [0.29, 0.717) is 19.3 Å². The minimum Gasteiger partial charge on any atom is -0.491 e. The Morgan fingerprint density at radius 1 is 1.38 bits per heavy atom. The van der Waals surface area contributed by atoms with Crippen molar-refractivity contribution in [1.82, 2.24) is 10.3 Å². The van der Waals surface area contributed by atoms with Gasteiger partial charge in [0.25, 0.3) is 0 Å². The highest BCUT2D eigenvalue weighted by Gasteiger charge is 2.03. The molecule has 0 spiro atoms. The van der Waals surface area contributed by atoms with Crippen molar-refractivity contribution < 1.29 is 9.47 Å². The van der Waals surface area contributed by atoms with E-state index >= 15 is 0 Å². The van der Waals surface area contributed by atoms with Crippen molar-refractivity contribution in [2.24, 2.45) is 0 Å². The first kappa shape index (κ1) is 12.9. The van der Waals surface area contributed by atoms with Crippen LogP contribution in [-0.2, 0) is 11.3 Å². The van der Waals surface area contributed by atoms with Gasteiger partial charge in [0.05, 0.1) is 6.61 Å². The number of aromatic nitrogens is 1. The third kappa shape index (κ3) is 4.59. The van der Waals surface area contributed by atoms with Crippen LogP contribution in [0.3, 0.4) is 0 Å². The van der Waals surface area contributed by atoms with Crippen molar-refractivity contribution >= 4 is 0 Å². The van der Waals surface area contributed by atoms with Crippen molar-refractivity contribution in [1.29, 1.82) is 0 Å². The summed E-state index contributed by atoms with van der Waals surface area (Å²) in [6, 6.07) is 2.33. The molecule has 1 rings (SSSR count). The van der Waals surface area contributed by atoms with E-state index in [1.165, 1.54) is 0 Å². The van der Waals surface area contributed by atoms with Gasteiger partial charge in [-0.05, 0) is 6.07 Å². The summed E-state index contributed by atoms with van der Waals surface area (Å²) in [6.07, 6.45) is 3.57. The number of hydrogen-bond acceptors (Lipinski definition) is 4. The number of methoxy groups -OCH3 is 1. The zero-order valence-electron chi connectivity index (χ0n) is 10.2. The number of hydrogen-bond donors (Lipinski definition) is 1. The van der Waals surface area contributed by atoms with Gasteiger partial charge in [-0.2, -0.15) is 0 Å². The van der Waals surface area contributed by atoms with Crippen LogP contribution in [0.2, 0.25) is 0 Å². The van der Waals surface area contributed by atoms with Gasteiger partial charge in [0, 0.05) is 37.7 Å². The molecule has 0 amide bonds. The quantitative estimate of drug-likeness (QED) is 0.714. The average molecular weight is 224 g/mol. The van der Waals surface area contributed by atoms with Gasteiger partial charge in [0.1, 0.15) is 12.4 Å². The number of nitrogens with one attached hydrogen (secondary N) is 1. The van der Waals surface area contributed by atoms with E-state index in [9.17, 15) is 0 Å². The molecule has 0 saturated carbocycles. The molecule has 1 N–H and O–H groups in total. The lowest BCUT2D eigenvalue weighted by atomic mass is 10.2. The molecule has 1 aromatic rings. The smallest absolute Gasteiger partial charge is 0.126 e. The maximum absolute atomic E-state index is 5.60. The molecule has 16 heavy (non-hydrogen) atoms. The molecular formula is C12H20N2O2. The first-order valence-electron chi connectivity index (χ1n) is 5.52. The fraction of sp³-hybridized carbons (Fsp3) is 0.583. The molecule has 4 heteroatoms. The molecule has 0 aliphatic carbocycles. The molecule has 90 valence electrons. The highest BCUT2D eigenvalue weighted by molar-refractivity contribution is 5.29. The minimum absolute atomic E-state index is 0.451. The van der Waals surface area contributed by atoms with Crippen molar-refractivity contribution in [3.63, 3.8) is 0 Å². The van der Waals surface area contributed by atoms with Gasteiger partial charge in [0.2, 0.25) is 0 Å². The van der Waals surface area contributed by atoms with Crippen LogP contribution in [0.4, 0.5) is 0 Å². The van der Waals surface area contributed by atoms with E-state index in [-0.39, 0.29) is 0 Å². The molecule has 0 aromatic carbocycles. The van der Waals surface area contributed by atoms with E-state index in [2.05, 4.69) is 24.1 Å². The predicted molar refractivity (Wildman–Crippen MR) is 63.6 cm³/mol. The Morgan fingerprint density at radius 2 is 2.19 bits per heavy atom. The predicted octanol–water partition coefficient (Wildman–Crippen LogP) is 1.60. The van der Waals surface area contributed by atoms with Gasteiger partial charge in [-0.3, -0.25) is 4.98 Å². The zero-order chi connectivity index (χ0) is 11.8. The molecule has 0 atom stereocenters. The van der Waals surface area contributed by atoms with Crippen molar-refractivity contribution in [3.8, 4) is 5.75 Å². The van der Waals surface area contributed by atoms with E-state index in [4.69, 9.17) is 9.47 Å². The highest BCUT2D eigenvalue weighted by Crippen LogP contribution is 2.16. The van der Waals surface area contributed by atoms with Gasteiger partial charge in [0.15, 0.2) is 0 Å². The molecule has 0 saturated heterocycles. The maximum atomic E-state index is 5.60. The van der Waals surface area contributed by atoms with Crippen LogP contribution in [0.1, 0.15) is 19.4 Å². The second-order valence-electron chi connectivity index (χ2n) is 3.86. The summed E-state index contributed by atoms with van der Waals surface area (Å²) in [5.74, 6) is 0.875. The number of pyridine rings is 1. The molecule has 4 nitrogen and oxygen atoms in total. The van der Waals surface area contributed by atoms with E-state index in [0.717, 1.165) is 17.9 Å². The number of ether oxygens (including phenoxy) is 2. The largest absolute Gasteiger partial charge is 0.491 e. The molecule has 0 fully saturated rings. The molecule has 0 bridgehead atoms. The van der Waals surface area contributed by atoms with Crippen LogP contribution in [0.15, 0.2) is 18.5 Å². The van der Waals surface area contributed by atoms with E-state index in [1.807, 2.05) is 12.3 Å². The van der Waals surface area contributed by atoms with Gasteiger partial charge < -0.3 is 14.8 Å². The summed E-state index contributed by atoms with van der Waals surface area (Å²) in [5, 5.41) is 3.34. The van der Waals surface area contributed by atoms with E-state index < -0.39 is 0 Å². The Bertz CT molecular complexity index is 303. The minimum atomic E-state index is 0.451. The first-order chi connectivity index (χ1) is 7.74. The monoisotopic (exact) mass is 224 g/mol. The topological polar surface area (TPSA) is 43.4 Å². The lowest BCUT2D eigenvalue weighted by Crippen LogP contribution is -2.22. The van der Waals surface area contributed by atoms with Crippen molar-refractivity contribution in [3.05, 3.63) is 24.0 Å². The summed E-state index contributed by atoms with van der Waals surface area (Å²) in [7, 11) is 1.66. The average Bonchev–Trinajstić information content (AvgIpc) is 2.28. The van der Waals surface area contributed by atoms with Crippen LogP contribution in [-0.4, -0.2) is 31.3 Å². The van der Waals surface area contributed by atoms with Gasteiger partial charge in [-0.25, -0.2) is 0 Å².